The van der Waals surface area contributed by atoms with Crippen molar-refractivity contribution in [2.75, 3.05) is 11.9 Å². The Morgan fingerprint density at radius 3 is 2.80 bits per heavy atom. The lowest BCUT2D eigenvalue weighted by molar-refractivity contribution is -0.123. The first kappa shape index (κ1) is 15.1. The van der Waals surface area contributed by atoms with E-state index in [4.69, 9.17) is 0 Å². The molecule has 1 atom stereocenters. The summed E-state index contributed by atoms with van der Waals surface area (Å²) in [4.78, 5) is 19.1. The molecule has 0 aromatic carbocycles. The highest BCUT2D eigenvalue weighted by atomic mass is 16.1. The van der Waals surface area contributed by atoms with E-state index in [0.717, 1.165) is 30.5 Å². The van der Waals surface area contributed by atoms with Crippen molar-refractivity contribution in [1.29, 1.82) is 0 Å². The molecule has 1 aliphatic rings. The van der Waals surface area contributed by atoms with Crippen molar-refractivity contribution in [3.8, 4) is 0 Å². The molecule has 4 heteroatoms. The molecule has 0 saturated heterocycles. The summed E-state index contributed by atoms with van der Waals surface area (Å²) in [5.41, 5.74) is 0. The van der Waals surface area contributed by atoms with Crippen LogP contribution in [0.25, 0.3) is 0 Å². The van der Waals surface area contributed by atoms with Crippen molar-refractivity contribution < 1.29 is 4.79 Å². The third kappa shape index (κ3) is 4.09. The zero-order valence-corrected chi connectivity index (χ0v) is 12.7. The van der Waals surface area contributed by atoms with Gasteiger partial charge in [0.1, 0.15) is 11.6 Å². The number of Topliss-reactive ketones (excluding diaryl/α,β-unsaturated/α-hetero) is 1. The summed E-state index contributed by atoms with van der Waals surface area (Å²) < 4.78 is 0. The summed E-state index contributed by atoms with van der Waals surface area (Å²) in [5, 5.41) is 3.19. The molecule has 112 valence electrons. The Morgan fingerprint density at radius 1 is 1.45 bits per heavy atom. The van der Waals surface area contributed by atoms with E-state index in [1.807, 2.05) is 0 Å². The monoisotopic (exact) mass is 277 g/mol. The van der Waals surface area contributed by atoms with Crippen molar-refractivity contribution >= 4 is 11.6 Å². The number of rotatable bonds is 7. The van der Waals surface area contributed by atoms with E-state index in [2.05, 4.69) is 29.1 Å². The quantitative estimate of drug-likeness (QED) is 0.800. The van der Waals surface area contributed by atoms with Gasteiger partial charge in [-0.3, -0.25) is 4.79 Å². The largest absolute Gasteiger partial charge is 0.370 e. The number of carbonyl (C=O) groups is 1. The summed E-state index contributed by atoms with van der Waals surface area (Å²) in [6.45, 7) is 5.32. The summed E-state index contributed by atoms with van der Waals surface area (Å²) in [6, 6.07) is 0. The van der Waals surface area contributed by atoms with Crippen LogP contribution in [0.15, 0.2) is 12.5 Å². The number of nitrogens with zero attached hydrogens (tertiary/aromatic N) is 1. The van der Waals surface area contributed by atoms with Crippen molar-refractivity contribution in [1.82, 2.24) is 9.97 Å². The summed E-state index contributed by atoms with van der Waals surface area (Å²) in [5.74, 6) is 3.28. The first-order valence-electron chi connectivity index (χ1n) is 7.95. The zero-order valence-electron chi connectivity index (χ0n) is 12.7. The number of hydrogen-bond donors (Lipinski definition) is 2. The van der Waals surface area contributed by atoms with Crippen molar-refractivity contribution in [3.63, 3.8) is 0 Å². The van der Waals surface area contributed by atoms with Crippen LogP contribution < -0.4 is 5.32 Å². The van der Waals surface area contributed by atoms with Gasteiger partial charge in [-0.05, 0) is 37.5 Å². The fraction of sp³-hybridized carbons (Fsp3) is 0.750. The van der Waals surface area contributed by atoms with Crippen LogP contribution in [-0.4, -0.2) is 22.3 Å². The number of aromatic amines is 1. The number of ketones is 1. The molecule has 2 N–H and O–H groups in total. The molecule has 0 amide bonds. The minimum atomic E-state index is 0.305. The molecule has 1 unspecified atom stereocenters. The minimum absolute atomic E-state index is 0.305. The average molecular weight is 277 g/mol. The number of H-pyrrole nitrogens is 1. The van der Waals surface area contributed by atoms with E-state index in [9.17, 15) is 4.79 Å². The van der Waals surface area contributed by atoms with Crippen LogP contribution in [0.3, 0.4) is 0 Å². The molecule has 0 radical (unpaired) electrons. The van der Waals surface area contributed by atoms with Crippen LogP contribution in [0.5, 0.6) is 0 Å². The Bertz CT molecular complexity index is 394. The first-order valence-corrected chi connectivity index (χ1v) is 7.95. The topological polar surface area (TPSA) is 57.8 Å². The van der Waals surface area contributed by atoms with Gasteiger partial charge in [-0.15, -0.1) is 0 Å². The van der Waals surface area contributed by atoms with Gasteiger partial charge >= 0.3 is 0 Å². The number of imidazole rings is 1. The van der Waals surface area contributed by atoms with E-state index in [0.29, 0.717) is 24.7 Å². The van der Waals surface area contributed by atoms with Crippen LogP contribution in [0.1, 0.15) is 52.4 Å². The van der Waals surface area contributed by atoms with Gasteiger partial charge in [0.15, 0.2) is 0 Å². The lowest BCUT2D eigenvalue weighted by Crippen LogP contribution is -2.26. The molecule has 1 aliphatic carbocycles. The average Bonchev–Trinajstić information content (AvgIpc) is 2.99. The number of hydrogen-bond acceptors (Lipinski definition) is 3. The molecule has 0 spiro atoms. The second-order valence-corrected chi connectivity index (χ2v) is 6.11. The molecule has 0 aliphatic heterocycles. The molecule has 1 aromatic rings. The molecule has 4 nitrogen and oxygen atoms in total. The van der Waals surface area contributed by atoms with Crippen molar-refractivity contribution in [2.24, 2.45) is 17.8 Å². The highest BCUT2D eigenvalue weighted by molar-refractivity contribution is 5.81. The second-order valence-electron chi connectivity index (χ2n) is 6.11. The van der Waals surface area contributed by atoms with Gasteiger partial charge in [-0.1, -0.05) is 20.3 Å². The van der Waals surface area contributed by atoms with Crippen LogP contribution >= 0.6 is 0 Å². The zero-order chi connectivity index (χ0) is 14.4. The van der Waals surface area contributed by atoms with E-state index in [-0.39, 0.29) is 0 Å². The van der Waals surface area contributed by atoms with Gasteiger partial charge in [0.25, 0.3) is 0 Å². The number of aromatic nitrogens is 2. The van der Waals surface area contributed by atoms with Gasteiger partial charge in [-0.25, -0.2) is 4.98 Å². The Labute approximate surface area is 121 Å². The molecule has 1 aromatic heterocycles. The highest BCUT2D eigenvalue weighted by Gasteiger charge is 2.27. The smallest absolute Gasteiger partial charge is 0.137 e. The predicted octanol–water partition coefficient (Wildman–Crippen LogP) is 3.63. The van der Waals surface area contributed by atoms with E-state index < -0.39 is 0 Å². The molecular weight excluding hydrogens is 250 g/mol. The lowest BCUT2D eigenvalue weighted by atomic mass is 9.74. The van der Waals surface area contributed by atoms with Crippen LogP contribution in [0.4, 0.5) is 5.82 Å². The van der Waals surface area contributed by atoms with Gasteiger partial charge < -0.3 is 10.3 Å². The van der Waals surface area contributed by atoms with Gasteiger partial charge in [0, 0.05) is 18.9 Å². The van der Waals surface area contributed by atoms with Crippen LogP contribution in [0, 0.1) is 17.8 Å². The van der Waals surface area contributed by atoms with Crippen LogP contribution in [0.2, 0.25) is 0 Å². The number of nitrogens with one attached hydrogen (secondary N) is 2. The molecule has 20 heavy (non-hydrogen) atoms. The molecule has 1 fully saturated rings. The van der Waals surface area contributed by atoms with E-state index in [1.54, 1.807) is 12.5 Å². The first-order chi connectivity index (χ1) is 9.70. The Hall–Kier alpha value is -1.32. The predicted molar refractivity (Wildman–Crippen MR) is 81.6 cm³/mol. The van der Waals surface area contributed by atoms with Gasteiger partial charge in [0.05, 0.1) is 12.5 Å². The maximum Gasteiger partial charge on any atom is 0.137 e. The summed E-state index contributed by atoms with van der Waals surface area (Å²) in [7, 11) is 0. The molecule has 0 bridgehead atoms. The van der Waals surface area contributed by atoms with E-state index in [1.165, 1.54) is 19.3 Å². The van der Waals surface area contributed by atoms with Crippen molar-refractivity contribution in [3.05, 3.63) is 12.5 Å². The SMILES string of the molecule is CCC(C)C1CCC(C(=O)CCNc2cnc[nH]2)CC1. The maximum absolute atomic E-state index is 12.2. The molecule has 1 heterocycles. The Balaban J connectivity index is 1.66. The van der Waals surface area contributed by atoms with Crippen LogP contribution in [-0.2, 0) is 4.79 Å². The maximum atomic E-state index is 12.2. The summed E-state index contributed by atoms with van der Waals surface area (Å²) >= 11 is 0. The molecule has 1 saturated carbocycles. The fourth-order valence-corrected chi connectivity index (χ4v) is 3.22. The summed E-state index contributed by atoms with van der Waals surface area (Å²) in [6.07, 6.45) is 9.92. The third-order valence-corrected chi connectivity index (χ3v) is 4.86. The fourth-order valence-electron chi connectivity index (χ4n) is 3.22. The number of carbonyl (C=O) groups excluding carboxylic acids is 1. The standard InChI is InChI=1S/C16H27N3O/c1-3-12(2)13-4-6-14(7-5-13)15(20)8-9-18-16-10-17-11-19-16/h10-14,18H,3-9H2,1-2H3,(H,17,19). The Kier molecular flexibility index (Phi) is 5.62. The van der Waals surface area contributed by atoms with E-state index >= 15 is 0 Å². The second kappa shape index (κ2) is 7.46. The number of anilines is 1. The molecule has 2 rings (SSSR count). The Morgan fingerprint density at radius 2 is 2.20 bits per heavy atom. The van der Waals surface area contributed by atoms with Crippen molar-refractivity contribution in [2.45, 2.75) is 52.4 Å². The molecular formula is C16H27N3O. The third-order valence-electron chi connectivity index (χ3n) is 4.86. The lowest BCUT2D eigenvalue weighted by Gasteiger charge is -2.31. The normalized spacial score (nSPS) is 24.3. The van der Waals surface area contributed by atoms with Gasteiger partial charge in [-0.2, -0.15) is 0 Å². The highest BCUT2D eigenvalue weighted by Crippen LogP contribution is 2.35. The van der Waals surface area contributed by atoms with Gasteiger partial charge in [0.2, 0.25) is 0 Å². The minimum Gasteiger partial charge on any atom is -0.370 e.